The summed E-state index contributed by atoms with van der Waals surface area (Å²) in [5.74, 6) is 0.298. The molecule has 5 heteroatoms. The maximum Gasteiger partial charge on any atom is 0.184 e. The van der Waals surface area contributed by atoms with Gasteiger partial charge >= 0.3 is 0 Å². The van der Waals surface area contributed by atoms with Crippen molar-refractivity contribution in [3.05, 3.63) is 30.1 Å². The Morgan fingerprint density at radius 3 is 3.06 bits per heavy atom. The Bertz CT molecular complexity index is 416. The molecule has 0 saturated heterocycles. The van der Waals surface area contributed by atoms with Crippen LogP contribution in [0, 0.1) is 0 Å². The first-order valence-electron chi connectivity index (χ1n) is 5.80. The molecule has 0 unspecified atom stereocenters. The summed E-state index contributed by atoms with van der Waals surface area (Å²) in [5.41, 5.74) is 10.3. The fourth-order valence-corrected chi connectivity index (χ4v) is 2.20. The van der Waals surface area contributed by atoms with Crippen molar-refractivity contribution in [3.8, 4) is 0 Å². The van der Waals surface area contributed by atoms with E-state index < -0.39 is 0 Å². The molecule has 0 amide bonds. The maximum absolute atomic E-state index is 5.39. The van der Waals surface area contributed by atoms with Crippen molar-refractivity contribution >= 4 is 23.0 Å². The number of hydrazone groups is 1. The molecule has 0 aromatic carbocycles. The molecule has 1 atom stereocenters. The molecular formula is C12H16N4S. The van der Waals surface area contributed by atoms with Crippen LogP contribution in [0.1, 0.15) is 37.3 Å². The van der Waals surface area contributed by atoms with Crippen LogP contribution in [0.2, 0.25) is 0 Å². The Morgan fingerprint density at radius 2 is 2.35 bits per heavy atom. The number of hydrogen-bond donors (Lipinski definition) is 2. The summed E-state index contributed by atoms with van der Waals surface area (Å²) in [5, 5.41) is 4.51. The number of nitrogens with one attached hydrogen (secondary N) is 1. The SMILES string of the molecule is NC(=S)N/N=C1\CCCC[C@@H]1c1ccccn1. The zero-order valence-electron chi connectivity index (χ0n) is 9.60. The van der Waals surface area contributed by atoms with E-state index in [1.54, 1.807) is 0 Å². The first kappa shape index (κ1) is 12.0. The van der Waals surface area contributed by atoms with Gasteiger partial charge in [-0.15, -0.1) is 0 Å². The van der Waals surface area contributed by atoms with E-state index in [0.717, 1.165) is 24.2 Å². The first-order chi connectivity index (χ1) is 8.27. The topological polar surface area (TPSA) is 63.3 Å². The molecule has 1 saturated carbocycles. The van der Waals surface area contributed by atoms with E-state index in [1.165, 1.54) is 12.8 Å². The van der Waals surface area contributed by atoms with Crippen molar-refractivity contribution in [2.75, 3.05) is 0 Å². The summed E-state index contributed by atoms with van der Waals surface area (Å²) in [6.07, 6.45) is 6.28. The molecule has 1 fully saturated rings. The quantitative estimate of drug-likeness (QED) is 0.620. The van der Waals surface area contributed by atoms with Gasteiger partial charge in [0.25, 0.3) is 0 Å². The molecule has 1 aromatic rings. The van der Waals surface area contributed by atoms with Crippen molar-refractivity contribution in [3.63, 3.8) is 0 Å². The second kappa shape index (κ2) is 5.72. The predicted octanol–water partition coefficient (Wildman–Crippen LogP) is 1.93. The van der Waals surface area contributed by atoms with Crippen LogP contribution in [0.15, 0.2) is 29.5 Å². The van der Waals surface area contributed by atoms with Gasteiger partial charge in [-0.3, -0.25) is 10.4 Å². The summed E-state index contributed by atoms with van der Waals surface area (Å²) < 4.78 is 0. The van der Waals surface area contributed by atoms with E-state index >= 15 is 0 Å². The van der Waals surface area contributed by atoms with Gasteiger partial charge in [0.15, 0.2) is 5.11 Å². The molecule has 0 radical (unpaired) electrons. The van der Waals surface area contributed by atoms with Crippen molar-refractivity contribution in [2.45, 2.75) is 31.6 Å². The highest BCUT2D eigenvalue weighted by Crippen LogP contribution is 2.29. The fraction of sp³-hybridized carbons (Fsp3) is 0.417. The van der Waals surface area contributed by atoms with E-state index in [4.69, 9.17) is 18.0 Å². The van der Waals surface area contributed by atoms with Gasteiger partial charge in [0.2, 0.25) is 0 Å². The second-order valence-electron chi connectivity index (χ2n) is 4.13. The fourth-order valence-electron chi connectivity index (χ4n) is 2.16. The third-order valence-electron chi connectivity index (χ3n) is 2.93. The lowest BCUT2D eigenvalue weighted by molar-refractivity contribution is 0.599. The number of aromatic nitrogens is 1. The molecule has 1 aliphatic rings. The van der Waals surface area contributed by atoms with E-state index in [9.17, 15) is 0 Å². The van der Waals surface area contributed by atoms with Crippen molar-refractivity contribution in [1.29, 1.82) is 0 Å². The van der Waals surface area contributed by atoms with Crippen LogP contribution >= 0.6 is 12.2 Å². The average molecular weight is 248 g/mol. The van der Waals surface area contributed by atoms with Gasteiger partial charge in [-0.2, -0.15) is 5.10 Å². The molecule has 1 aromatic heterocycles. The van der Waals surface area contributed by atoms with Crippen LogP contribution in [-0.4, -0.2) is 15.8 Å². The number of nitrogens with two attached hydrogens (primary N) is 1. The van der Waals surface area contributed by atoms with E-state index in [0.29, 0.717) is 5.92 Å². The zero-order chi connectivity index (χ0) is 12.1. The Morgan fingerprint density at radius 1 is 1.47 bits per heavy atom. The van der Waals surface area contributed by atoms with Crippen molar-refractivity contribution in [1.82, 2.24) is 10.4 Å². The molecule has 2 rings (SSSR count). The monoisotopic (exact) mass is 248 g/mol. The van der Waals surface area contributed by atoms with Crippen LogP contribution in [0.3, 0.4) is 0 Å². The molecule has 4 nitrogen and oxygen atoms in total. The molecule has 0 aliphatic heterocycles. The van der Waals surface area contributed by atoms with E-state index in [1.807, 2.05) is 24.4 Å². The molecule has 1 heterocycles. The minimum absolute atomic E-state index is 0.211. The number of nitrogens with zero attached hydrogens (tertiary/aromatic N) is 2. The van der Waals surface area contributed by atoms with Crippen LogP contribution in [-0.2, 0) is 0 Å². The smallest absolute Gasteiger partial charge is 0.184 e. The third-order valence-corrected chi connectivity index (χ3v) is 3.02. The van der Waals surface area contributed by atoms with Crippen LogP contribution in [0.5, 0.6) is 0 Å². The van der Waals surface area contributed by atoms with Gasteiger partial charge in [-0.25, -0.2) is 0 Å². The molecule has 3 N–H and O–H groups in total. The Labute approximate surface area is 106 Å². The Hall–Kier alpha value is -1.49. The van der Waals surface area contributed by atoms with Crippen molar-refractivity contribution < 1.29 is 0 Å². The summed E-state index contributed by atoms with van der Waals surface area (Å²) in [4.78, 5) is 4.41. The third kappa shape index (κ3) is 3.23. The van der Waals surface area contributed by atoms with Crippen molar-refractivity contribution in [2.24, 2.45) is 10.8 Å². The molecule has 1 aliphatic carbocycles. The molecule has 90 valence electrons. The Balaban J connectivity index is 2.18. The van der Waals surface area contributed by atoms with Crippen LogP contribution in [0.25, 0.3) is 0 Å². The van der Waals surface area contributed by atoms with Crippen LogP contribution < -0.4 is 11.2 Å². The van der Waals surface area contributed by atoms with Gasteiger partial charge < -0.3 is 5.73 Å². The maximum atomic E-state index is 5.39. The minimum atomic E-state index is 0.211. The first-order valence-corrected chi connectivity index (χ1v) is 6.21. The highest BCUT2D eigenvalue weighted by Gasteiger charge is 2.23. The normalized spacial score (nSPS) is 22.4. The molecular weight excluding hydrogens is 232 g/mol. The standard InChI is InChI=1S/C12H16N4S/c13-12(17)16-15-11-7-2-1-5-9(11)10-6-3-4-8-14-10/h3-4,6,8-9H,1-2,5,7H2,(H3,13,16,17)/b15-11+/t9-/m1/s1. The molecule has 17 heavy (non-hydrogen) atoms. The predicted molar refractivity (Wildman–Crippen MR) is 72.8 cm³/mol. The van der Waals surface area contributed by atoms with E-state index in [-0.39, 0.29) is 5.11 Å². The zero-order valence-corrected chi connectivity index (χ0v) is 10.4. The highest BCUT2D eigenvalue weighted by atomic mass is 32.1. The number of pyridine rings is 1. The summed E-state index contributed by atoms with van der Waals surface area (Å²) >= 11 is 4.76. The lowest BCUT2D eigenvalue weighted by Crippen LogP contribution is -2.28. The van der Waals surface area contributed by atoms with Gasteiger partial charge in [0.05, 0.1) is 0 Å². The lowest BCUT2D eigenvalue weighted by atomic mass is 9.85. The number of hydrogen-bond acceptors (Lipinski definition) is 3. The van der Waals surface area contributed by atoms with Gasteiger partial charge in [-0.05, 0) is 43.6 Å². The largest absolute Gasteiger partial charge is 0.375 e. The number of thiocarbonyl (C=S) groups is 1. The van der Waals surface area contributed by atoms with Gasteiger partial charge in [0.1, 0.15) is 0 Å². The summed E-state index contributed by atoms with van der Waals surface area (Å²) in [6, 6.07) is 5.98. The lowest BCUT2D eigenvalue weighted by Gasteiger charge is -2.23. The van der Waals surface area contributed by atoms with Gasteiger partial charge in [0, 0.05) is 23.5 Å². The minimum Gasteiger partial charge on any atom is -0.375 e. The molecule has 0 bridgehead atoms. The highest BCUT2D eigenvalue weighted by molar-refractivity contribution is 7.80. The van der Waals surface area contributed by atoms with Crippen LogP contribution in [0.4, 0.5) is 0 Å². The average Bonchev–Trinajstić information content (AvgIpc) is 2.38. The second-order valence-corrected chi connectivity index (χ2v) is 4.57. The summed E-state index contributed by atoms with van der Waals surface area (Å²) in [6.45, 7) is 0. The number of rotatable bonds is 2. The molecule has 0 spiro atoms. The van der Waals surface area contributed by atoms with Gasteiger partial charge in [-0.1, -0.05) is 12.5 Å². The summed E-state index contributed by atoms with van der Waals surface area (Å²) in [7, 11) is 0. The van der Waals surface area contributed by atoms with E-state index in [2.05, 4.69) is 15.5 Å². The Kier molecular flexibility index (Phi) is 4.03.